The minimum absolute atomic E-state index is 0.384. The molecular formula is C74H50N2. The first-order valence-corrected chi connectivity index (χ1v) is 26.5. The molecule has 0 saturated carbocycles. The summed E-state index contributed by atoms with van der Waals surface area (Å²) in [6, 6.07) is 98.4. The number of hydrogen-bond donors (Lipinski definition) is 0. The predicted octanol–water partition coefficient (Wildman–Crippen LogP) is 19.8. The second kappa shape index (κ2) is 18.0. The van der Waals surface area contributed by atoms with Crippen molar-refractivity contribution in [3.05, 3.63) is 313 Å². The standard InChI is InChI=1S/C74H50N2/c1-3-15-49(16-4-1)51-27-29-52(30-28-51)54-31-38-57(39-32-54)75(60-44-45-64-63-21-9-12-25-68(63)74(70(64)48-60)73-66-23-10-7-19-61(66)62-20-8-11-24-67(62)73)58-40-35-55(36-41-58)56-37-46-72-69(47-56)65-22-13-14-26-71(65)76(72)59-42-33-53(34-43-59)50-17-5-2-6-18-50/h1-33,35-48,53H,34H2. The molecule has 76 heavy (non-hydrogen) atoms. The fourth-order valence-electron chi connectivity index (χ4n) is 12.4. The van der Waals surface area contributed by atoms with Crippen LogP contribution in [0.5, 0.6) is 0 Å². The molecule has 3 aliphatic rings. The number of benzene rings is 11. The van der Waals surface area contributed by atoms with Crippen molar-refractivity contribution in [1.29, 1.82) is 0 Å². The van der Waals surface area contributed by atoms with Gasteiger partial charge in [0.05, 0.1) is 11.0 Å². The van der Waals surface area contributed by atoms with E-state index in [0.29, 0.717) is 5.92 Å². The largest absolute Gasteiger partial charge is 0.310 e. The van der Waals surface area contributed by atoms with Crippen LogP contribution in [0.1, 0.15) is 40.2 Å². The van der Waals surface area contributed by atoms with E-state index in [4.69, 9.17) is 0 Å². The van der Waals surface area contributed by atoms with E-state index in [1.165, 1.54) is 122 Å². The van der Waals surface area contributed by atoms with E-state index in [-0.39, 0.29) is 0 Å². The van der Waals surface area contributed by atoms with Crippen LogP contribution < -0.4 is 4.90 Å². The maximum atomic E-state index is 2.44. The van der Waals surface area contributed by atoms with Gasteiger partial charge >= 0.3 is 0 Å². The Hall–Kier alpha value is -9.76. The summed E-state index contributed by atoms with van der Waals surface area (Å²) >= 11 is 0. The lowest BCUT2D eigenvalue weighted by molar-refractivity contribution is 0.850. The van der Waals surface area contributed by atoms with E-state index in [9.17, 15) is 0 Å². The molecule has 0 amide bonds. The van der Waals surface area contributed by atoms with Gasteiger partial charge in [0, 0.05) is 39.4 Å². The molecule has 1 heterocycles. The fraction of sp³-hybridized carbons (Fsp3) is 0.0270. The summed E-state index contributed by atoms with van der Waals surface area (Å²) in [5.41, 5.74) is 28.3. The first-order chi connectivity index (χ1) is 37.7. The summed E-state index contributed by atoms with van der Waals surface area (Å²) in [6.45, 7) is 0. The average molecular weight is 967 g/mol. The molecule has 0 spiro atoms. The summed E-state index contributed by atoms with van der Waals surface area (Å²) in [7, 11) is 0. The molecule has 2 heteroatoms. The average Bonchev–Trinajstić information content (AvgIpc) is 4.24. The first kappa shape index (κ1) is 43.8. The number of allylic oxidation sites excluding steroid dienone is 4. The monoisotopic (exact) mass is 966 g/mol. The maximum Gasteiger partial charge on any atom is 0.0541 e. The number of anilines is 3. The summed E-state index contributed by atoms with van der Waals surface area (Å²) in [6.07, 6.45) is 8.06. The molecular weight excluding hydrogens is 917 g/mol. The van der Waals surface area contributed by atoms with Gasteiger partial charge in [-0.25, -0.2) is 0 Å². The van der Waals surface area contributed by atoms with Gasteiger partial charge in [-0.1, -0.05) is 224 Å². The highest BCUT2D eigenvalue weighted by Crippen LogP contribution is 2.55. The SMILES string of the molecule is C1=CC(c2ccccc2)CC=C1n1c2ccccc2c2cc(-c3ccc(N(c4ccc(-c5ccc(-c6ccccc6)cc5)cc4)c4ccc5c(c4)C(=C4c6ccccc6-c6ccccc64)c4ccccc4-5)cc3)ccc21. The third-order valence-electron chi connectivity index (χ3n) is 16.1. The van der Waals surface area contributed by atoms with Crippen molar-refractivity contribution >= 4 is 55.7 Å². The van der Waals surface area contributed by atoms with Gasteiger partial charge in [0.25, 0.3) is 0 Å². The van der Waals surface area contributed by atoms with Crippen LogP contribution >= 0.6 is 0 Å². The molecule has 0 aliphatic heterocycles. The van der Waals surface area contributed by atoms with E-state index in [1.54, 1.807) is 0 Å². The van der Waals surface area contributed by atoms with Crippen molar-refractivity contribution in [2.24, 2.45) is 0 Å². The van der Waals surface area contributed by atoms with Crippen molar-refractivity contribution in [3.8, 4) is 55.6 Å². The van der Waals surface area contributed by atoms with Crippen LogP contribution in [0.4, 0.5) is 17.1 Å². The minimum atomic E-state index is 0.384. The van der Waals surface area contributed by atoms with Gasteiger partial charge < -0.3 is 9.47 Å². The third-order valence-corrected chi connectivity index (χ3v) is 16.1. The van der Waals surface area contributed by atoms with Gasteiger partial charge in [0.15, 0.2) is 0 Å². The van der Waals surface area contributed by atoms with Gasteiger partial charge in [-0.05, 0) is 162 Å². The molecule has 15 rings (SSSR count). The highest BCUT2D eigenvalue weighted by Gasteiger charge is 2.33. The molecule has 1 atom stereocenters. The molecule has 0 radical (unpaired) electrons. The van der Waals surface area contributed by atoms with Gasteiger partial charge in [-0.15, -0.1) is 0 Å². The van der Waals surface area contributed by atoms with E-state index in [1.807, 2.05) is 0 Å². The first-order valence-electron chi connectivity index (χ1n) is 26.5. The molecule has 0 N–H and O–H groups in total. The third kappa shape index (κ3) is 7.25. The Morgan fingerprint density at radius 2 is 0.750 bits per heavy atom. The second-order valence-corrected chi connectivity index (χ2v) is 20.3. The summed E-state index contributed by atoms with van der Waals surface area (Å²) in [5, 5.41) is 2.51. The zero-order chi connectivity index (χ0) is 50.1. The van der Waals surface area contributed by atoms with Crippen molar-refractivity contribution in [1.82, 2.24) is 4.57 Å². The van der Waals surface area contributed by atoms with Gasteiger partial charge in [0.2, 0.25) is 0 Å². The Morgan fingerprint density at radius 3 is 1.33 bits per heavy atom. The van der Waals surface area contributed by atoms with E-state index in [0.717, 1.165) is 23.5 Å². The van der Waals surface area contributed by atoms with Crippen LogP contribution in [-0.2, 0) is 0 Å². The Bertz CT molecular complexity index is 4280. The lowest BCUT2D eigenvalue weighted by Gasteiger charge is -2.27. The summed E-state index contributed by atoms with van der Waals surface area (Å²) in [4.78, 5) is 2.43. The fourth-order valence-corrected chi connectivity index (χ4v) is 12.4. The smallest absolute Gasteiger partial charge is 0.0541 e. The Kier molecular flexibility index (Phi) is 10.4. The molecule has 11 aromatic carbocycles. The zero-order valence-electron chi connectivity index (χ0n) is 41.8. The molecule has 12 aromatic rings. The minimum Gasteiger partial charge on any atom is -0.310 e. The quantitative estimate of drug-likeness (QED) is 0.147. The topological polar surface area (TPSA) is 8.17 Å². The van der Waals surface area contributed by atoms with Crippen molar-refractivity contribution in [3.63, 3.8) is 0 Å². The normalized spacial score (nSPS) is 14.1. The number of para-hydroxylation sites is 1. The molecule has 0 fully saturated rings. The highest BCUT2D eigenvalue weighted by atomic mass is 15.1. The van der Waals surface area contributed by atoms with E-state index >= 15 is 0 Å². The number of aromatic nitrogens is 1. The summed E-state index contributed by atoms with van der Waals surface area (Å²) < 4.78 is 2.44. The lowest BCUT2D eigenvalue weighted by Crippen LogP contribution is -2.10. The van der Waals surface area contributed by atoms with Crippen molar-refractivity contribution in [2.75, 3.05) is 4.90 Å². The molecule has 356 valence electrons. The Labute approximate surface area is 443 Å². The number of fused-ring (bicyclic) bond motifs is 9. The molecule has 2 nitrogen and oxygen atoms in total. The van der Waals surface area contributed by atoms with Gasteiger partial charge in [0.1, 0.15) is 0 Å². The second-order valence-electron chi connectivity index (χ2n) is 20.3. The van der Waals surface area contributed by atoms with Gasteiger partial charge in [-0.3, -0.25) is 0 Å². The van der Waals surface area contributed by atoms with Crippen LogP contribution in [0.2, 0.25) is 0 Å². The van der Waals surface area contributed by atoms with Crippen LogP contribution in [0.15, 0.2) is 285 Å². The van der Waals surface area contributed by atoms with Crippen LogP contribution in [0.3, 0.4) is 0 Å². The molecule has 3 aliphatic carbocycles. The number of nitrogens with zero attached hydrogens (tertiary/aromatic N) is 2. The van der Waals surface area contributed by atoms with Crippen LogP contribution in [0.25, 0.3) is 94.3 Å². The highest BCUT2D eigenvalue weighted by molar-refractivity contribution is 6.19. The van der Waals surface area contributed by atoms with Gasteiger partial charge in [-0.2, -0.15) is 0 Å². The predicted molar refractivity (Wildman–Crippen MR) is 320 cm³/mol. The molecule has 1 unspecified atom stereocenters. The van der Waals surface area contributed by atoms with Crippen LogP contribution in [-0.4, -0.2) is 4.57 Å². The molecule has 0 bridgehead atoms. The summed E-state index contributed by atoms with van der Waals surface area (Å²) in [5.74, 6) is 0.384. The van der Waals surface area contributed by atoms with E-state index in [2.05, 4.69) is 295 Å². The zero-order valence-corrected chi connectivity index (χ0v) is 41.8. The molecule has 1 aromatic heterocycles. The lowest BCUT2D eigenvalue weighted by atomic mass is 9.91. The van der Waals surface area contributed by atoms with E-state index < -0.39 is 0 Å². The van der Waals surface area contributed by atoms with Crippen LogP contribution in [0, 0.1) is 0 Å². The van der Waals surface area contributed by atoms with Crippen molar-refractivity contribution in [2.45, 2.75) is 12.3 Å². The number of hydrogen-bond acceptors (Lipinski definition) is 1. The van der Waals surface area contributed by atoms with Crippen molar-refractivity contribution < 1.29 is 0 Å². The number of rotatable bonds is 8. The Morgan fingerprint density at radius 1 is 0.316 bits per heavy atom. The molecule has 0 saturated heterocycles. The maximum absolute atomic E-state index is 2.44. The Balaban J connectivity index is 0.832.